The zero-order valence-electron chi connectivity index (χ0n) is 16.8. The van der Waals surface area contributed by atoms with E-state index in [9.17, 15) is 20.1 Å². The third kappa shape index (κ3) is 6.52. The molecule has 0 saturated carbocycles. The fourth-order valence-corrected chi connectivity index (χ4v) is 2.99. The van der Waals surface area contributed by atoms with Crippen LogP contribution >= 0.6 is 0 Å². The average Bonchev–Trinajstić information content (AvgIpc) is 2.64. The highest BCUT2D eigenvalue weighted by molar-refractivity contribution is 5.95. The van der Waals surface area contributed by atoms with E-state index in [4.69, 9.17) is 9.47 Å². The Bertz CT molecular complexity index is 597. The van der Waals surface area contributed by atoms with Crippen molar-refractivity contribution in [2.45, 2.75) is 78.6 Å². The standard InChI is InChI=1S/C21H34O6/c1-4-7-9-11-13-26-19-15(6-3)16(21(24)25)17(22)18(23)20(19)27-14-12-10-8-5-2/h22-23H,4-14H2,1-3H3,(H,24,25). The molecule has 0 aliphatic rings. The van der Waals surface area contributed by atoms with Gasteiger partial charge in [0.25, 0.3) is 0 Å². The molecule has 1 rings (SSSR count). The van der Waals surface area contributed by atoms with E-state index >= 15 is 0 Å². The van der Waals surface area contributed by atoms with Gasteiger partial charge in [0.1, 0.15) is 5.56 Å². The van der Waals surface area contributed by atoms with E-state index in [1.807, 2.05) is 0 Å². The Morgan fingerprint density at radius 1 is 0.778 bits per heavy atom. The third-order valence-electron chi connectivity index (χ3n) is 4.51. The van der Waals surface area contributed by atoms with Crippen molar-refractivity contribution in [1.29, 1.82) is 0 Å². The number of carboxylic acid groups (broad SMARTS) is 1. The zero-order chi connectivity index (χ0) is 20.2. The van der Waals surface area contributed by atoms with Crippen LogP contribution < -0.4 is 9.47 Å². The SMILES string of the molecule is CCCCCCOc1c(O)c(O)c(C(=O)O)c(CC)c1OCCCCCC. The summed E-state index contributed by atoms with van der Waals surface area (Å²) < 4.78 is 11.6. The summed E-state index contributed by atoms with van der Waals surface area (Å²) in [6, 6.07) is 0. The van der Waals surface area contributed by atoms with Crippen LogP contribution in [0.2, 0.25) is 0 Å². The molecule has 0 radical (unpaired) electrons. The second kappa shape index (κ2) is 12.3. The minimum absolute atomic E-state index is 0.0429. The molecule has 6 nitrogen and oxygen atoms in total. The van der Waals surface area contributed by atoms with E-state index in [1.165, 1.54) is 0 Å². The quantitative estimate of drug-likeness (QED) is 0.299. The minimum atomic E-state index is -1.30. The lowest BCUT2D eigenvalue weighted by molar-refractivity contribution is 0.0690. The van der Waals surface area contributed by atoms with Crippen LogP contribution in [0.25, 0.3) is 0 Å². The fourth-order valence-electron chi connectivity index (χ4n) is 2.99. The van der Waals surface area contributed by atoms with Crippen molar-refractivity contribution in [2.75, 3.05) is 13.2 Å². The maximum Gasteiger partial charge on any atom is 0.340 e. The fraction of sp³-hybridized carbons (Fsp3) is 0.667. The summed E-state index contributed by atoms with van der Waals surface area (Å²) in [5, 5.41) is 30.0. The smallest absolute Gasteiger partial charge is 0.340 e. The van der Waals surface area contributed by atoms with Crippen LogP contribution in [0.4, 0.5) is 0 Å². The first kappa shape index (κ1) is 22.9. The second-order valence-corrected chi connectivity index (χ2v) is 6.69. The van der Waals surface area contributed by atoms with Crippen LogP contribution in [0.15, 0.2) is 0 Å². The molecule has 0 bridgehead atoms. The first-order chi connectivity index (χ1) is 13.0. The lowest BCUT2D eigenvalue weighted by Crippen LogP contribution is -2.10. The molecular weight excluding hydrogens is 348 g/mol. The number of ether oxygens (including phenoxy) is 2. The number of aromatic carboxylic acids is 1. The number of carbonyl (C=O) groups is 1. The van der Waals surface area contributed by atoms with Gasteiger partial charge in [-0.3, -0.25) is 0 Å². The molecule has 0 fully saturated rings. The number of phenols is 2. The highest BCUT2D eigenvalue weighted by Gasteiger charge is 2.28. The molecule has 1 aromatic carbocycles. The van der Waals surface area contributed by atoms with Crippen molar-refractivity contribution in [1.82, 2.24) is 0 Å². The van der Waals surface area contributed by atoms with E-state index in [-0.39, 0.29) is 17.1 Å². The van der Waals surface area contributed by atoms with Crippen LogP contribution in [0.3, 0.4) is 0 Å². The van der Waals surface area contributed by atoms with Gasteiger partial charge in [0, 0.05) is 5.56 Å². The highest BCUT2D eigenvalue weighted by atomic mass is 16.5. The number of hydrogen-bond acceptors (Lipinski definition) is 5. The van der Waals surface area contributed by atoms with Gasteiger partial charge in [-0.1, -0.05) is 59.3 Å². The number of carboxylic acids is 1. The molecule has 0 aliphatic carbocycles. The van der Waals surface area contributed by atoms with Gasteiger partial charge in [0.05, 0.1) is 13.2 Å². The Balaban J connectivity index is 3.11. The molecule has 0 saturated heterocycles. The van der Waals surface area contributed by atoms with Crippen LogP contribution in [0.5, 0.6) is 23.0 Å². The Kier molecular flexibility index (Phi) is 10.5. The molecule has 3 N–H and O–H groups in total. The van der Waals surface area contributed by atoms with E-state index in [2.05, 4.69) is 13.8 Å². The zero-order valence-corrected chi connectivity index (χ0v) is 16.8. The van der Waals surface area contributed by atoms with Crippen molar-refractivity contribution in [2.24, 2.45) is 0 Å². The molecule has 0 amide bonds. The topological polar surface area (TPSA) is 96.2 Å². The van der Waals surface area contributed by atoms with Gasteiger partial charge in [-0.25, -0.2) is 4.79 Å². The number of phenolic OH excluding ortho intramolecular Hbond substituents is 1. The van der Waals surface area contributed by atoms with E-state index in [0.29, 0.717) is 25.2 Å². The summed E-state index contributed by atoms with van der Waals surface area (Å²) in [5.41, 5.74) is 0.0220. The largest absolute Gasteiger partial charge is 0.504 e. The summed E-state index contributed by atoms with van der Waals surface area (Å²) in [7, 11) is 0. The van der Waals surface area contributed by atoms with Crippen molar-refractivity contribution in [3.05, 3.63) is 11.1 Å². The molecule has 6 heteroatoms. The Hall–Kier alpha value is -2.11. The Morgan fingerprint density at radius 3 is 1.74 bits per heavy atom. The molecular formula is C21H34O6. The molecule has 0 aromatic heterocycles. The average molecular weight is 382 g/mol. The predicted octanol–water partition coefficient (Wildman–Crippen LogP) is 5.28. The summed E-state index contributed by atoms with van der Waals surface area (Å²) in [6.45, 7) is 6.80. The number of rotatable bonds is 14. The van der Waals surface area contributed by atoms with Crippen molar-refractivity contribution < 1.29 is 29.6 Å². The van der Waals surface area contributed by atoms with Crippen LogP contribution in [0.1, 0.15) is 88.1 Å². The van der Waals surface area contributed by atoms with Gasteiger partial charge in [-0.05, 0) is 19.3 Å². The number of aromatic hydroxyl groups is 2. The maximum atomic E-state index is 11.6. The van der Waals surface area contributed by atoms with Gasteiger partial charge in [-0.2, -0.15) is 0 Å². The van der Waals surface area contributed by atoms with Crippen LogP contribution in [0, 0.1) is 0 Å². The van der Waals surface area contributed by atoms with E-state index in [1.54, 1.807) is 6.92 Å². The van der Waals surface area contributed by atoms with Crippen molar-refractivity contribution >= 4 is 5.97 Å². The molecule has 27 heavy (non-hydrogen) atoms. The van der Waals surface area contributed by atoms with E-state index in [0.717, 1.165) is 51.4 Å². The van der Waals surface area contributed by atoms with Crippen LogP contribution in [-0.2, 0) is 6.42 Å². The first-order valence-corrected chi connectivity index (χ1v) is 10.1. The predicted molar refractivity (Wildman–Crippen MR) is 105 cm³/mol. The Morgan fingerprint density at radius 2 is 1.30 bits per heavy atom. The third-order valence-corrected chi connectivity index (χ3v) is 4.51. The van der Waals surface area contributed by atoms with Gasteiger partial charge < -0.3 is 24.8 Å². The molecule has 0 unspecified atom stereocenters. The first-order valence-electron chi connectivity index (χ1n) is 10.1. The van der Waals surface area contributed by atoms with Gasteiger partial charge in [-0.15, -0.1) is 0 Å². The molecule has 1 aromatic rings. The summed E-state index contributed by atoms with van der Waals surface area (Å²) >= 11 is 0. The normalized spacial score (nSPS) is 10.8. The van der Waals surface area contributed by atoms with E-state index < -0.39 is 17.5 Å². The summed E-state index contributed by atoms with van der Waals surface area (Å²) in [5.74, 6) is -2.26. The maximum absolute atomic E-state index is 11.6. The lowest BCUT2D eigenvalue weighted by atomic mass is 10.0. The minimum Gasteiger partial charge on any atom is -0.504 e. The van der Waals surface area contributed by atoms with Crippen LogP contribution in [-0.4, -0.2) is 34.5 Å². The summed E-state index contributed by atoms with van der Waals surface area (Å²) in [6.07, 6.45) is 8.41. The van der Waals surface area contributed by atoms with Gasteiger partial charge >= 0.3 is 5.97 Å². The lowest BCUT2D eigenvalue weighted by Gasteiger charge is -2.20. The molecule has 0 atom stereocenters. The van der Waals surface area contributed by atoms with Crippen molar-refractivity contribution in [3.8, 4) is 23.0 Å². The number of benzene rings is 1. The second-order valence-electron chi connectivity index (χ2n) is 6.69. The highest BCUT2D eigenvalue weighted by Crippen LogP contribution is 2.49. The summed E-state index contributed by atoms with van der Waals surface area (Å²) in [4.78, 5) is 11.6. The van der Waals surface area contributed by atoms with Gasteiger partial charge in [0.15, 0.2) is 11.5 Å². The number of hydrogen-bond donors (Lipinski definition) is 3. The monoisotopic (exact) mass is 382 g/mol. The molecule has 0 heterocycles. The molecule has 154 valence electrons. The Labute approximate surface area is 162 Å². The number of unbranched alkanes of at least 4 members (excludes halogenated alkanes) is 6. The molecule has 0 spiro atoms. The molecule has 0 aliphatic heterocycles. The van der Waals surface area contributed by atoms with Gasteiger partial charge in [0.2, 0.25) is 11.5 Å². The van der Waals surface area contributed by atoms with Crippen molar-refractivity contribution in [3.63, 3.8) is 0 Å².